The van der Waals surface area contributed by atoms with Crippen molar-refractivity contribution in [2.45, 2.75) is 13.8 Å². The number of likely N-dealkylation sites (N-methyl/N-ethyl adjacent to an activating group) is 1. The van der Waals surface area contributed by atoms with Gasteiger partial charge in [-0.2, -0.15) is 0 Å². The van der Waals surface area contributed by atoms with E-state index in [1.807, 2.05) is 6.07 Å². The van der Waals surface area contributed by atoms with Crippen molar-refractivity contribution in [2.75, 3.05) is 43.4 Å². The molecule has 0 atom stereocenters. The molecule has 0 bridgehead atoms. The number of rotatable bonds is 2. The summed E-state index contributed by atoms with van der Waals surface area (Å²) in [6.07, 6.45) is 0. The van der Waals surface area contributed by atoms with Crippen molar-refractivity contribution in [3.8, 4) is 0 Å². The van der Waals surface area contributed by atoms with Crippen LogP contribution in [-0.4, -0.2) is 37.6 Å². The molecule has 1 aromatic heterocycles. The van der Waals surface area contributed by atoms with Crippen LogP contribution in [-0.2, 0) is 0 Å². The van der Waals surface area contributed by atoms with Gasteiger partial charge in [-0.1, -0.05) is 6.92 Å². The lowest BCUT2D eigenvalue weighted by atomic mass is 10.2. The number of nitrogen functional groups attached to an aromatic ring is 1. The maximum absolute atomic E-state index is 11.5. The number of piperazine rings is 1. The van der Waals surface area contributed by atoms with Crippen molar-refractivity contribution in [3.05, 3.63) is 23.0 Å². The minimum atomic E-state index is 0.276. The summed E-state index contributed by atoms with van der Waals surface area (Å²) < 4.78 is 0.770. The molecule has 1 aliphatic heterocycles. The summed E-state index contributed by atoms with van der Waals surface area (Å²) in [6, 6.07) is 3.67. The summed E-state index contributed by atoms with van der Waals surface area (Å²) in [7, 11) is 0. The van der Waals surface area contributed by atoms with Crippen molar-refractivity contribution < 1.29 is 4.73 Å². The van der Waals surface area contributed by atoms with Crippen LogP contribution in [0.2, 0.25) is 0 Å². The Morgan fingerprint density at radius 1 is 1.29 bits per heavy atom. The van der Waals surface area contributed by atoms with Gasteiger partial charge in [-0.25, -0.2) is 4.73 Å². The summed E-state index contributed by atoms with van der Waals surface area (Å²) >= 11 is 0. The third-order valence-electron chi connectivity index (χ3n) is 3.39. The Morgan fingerprint density at radius 2 is 1.94 bits per heavy atom. The number of anilines is 2. The van der Waals surface area contributed by atoms with E-state index >= 15 is 0 Å². The number of nitrogens with zero attached hydrogens (tertiary/aromatic N) is 3. The van der Waals surface area contributed by atoms with Crippen LogP contribution in [0, 0.1) is 12.1 Å². The second kappa shape index (κ2) is 4.79. The van der Waals surface area contributed by atoms with Crippen molar-refractivity contribution in [2.24, 2.45) is 0 Å². The van der Waals surface area contributed by atoms with Gasteiger partial charge in [0.25, 0.3) is 5.82 Å². The molecule has 0 saturated carbocycles. The van der Waals surface area contributed by atoms with Gasteiger partial charge in [0.2, 0.25) is 0 Å². The fourth-order valence-corrected chi connectivity index (χ4v) is 2.23. The third kappa shape index (κ3) is 2.44. The first kappa shape index (κ1) is 12.0. The zero-order valence-corrected chi connectivity index (χ0v) is 10.5. The lowest BCUT2D eigenvalue weighted by molar-refractivity contribution is -0.596. The van der Waals surface area contributed by atoms with Gasteiger partial charge in [-0.15, -0.1) is 0 Å². The number of pyridine rings is 1. The molecule has 1 fully saturated rings. The molecule has 0 unspecified atom stereocenters. The number of aromatic nitrogens is 1. The van der Waals surface area contributed by atoms with Crippen LogP contribution in [0.4, 0.5) is 11.5 Å². The zero-order chi connectivity index (χ0) is 12.4. The maximum atomic E-state index is 11.5. The second-order valence-electron chi connectivity index (χ2n) is 4.50. The Morgan fingerprint density at radius 3 is 2.47 bits per heavy atom. The molecular formula is C12H20N4O. The number of aryl methyl sites for hydroxylation is 1. The molecule has 1 saturated heterocycles. The Labute approximate surface area is 102 Å². The van der Waals surface area contributed by atoms with Gasteiger partial charge in [0, 0.05) is 37.9 Å². The summed E-state index contributed by atoms with van der Waals surface area (Å²) in [5, 5.41) is 11.5. The van der Waals surface area contributed by atoms with Crippen LogP contribution < -0.4 is 15.4 Å². The van der Waals surface area contributed by atoms with Gasteiger partial charge in [0.15, 0.2) is 0 Å². The van der Waals surface area contributed by atoms with Crippen LogP contribution in [0.3, 0.4) is 0 Å². The molecule has 0 aromatic carbocycles. The highest BCUT2D eigenvalue weighted by Gasteiger charge is 2.17. The molecular weight excluding hydrogens is 216 g/mol. The van der Waals surface area contributed by atoms with Crippen LogP contribution >= 0.6 is 0 Å². The minimum absolute atomic E-state index is 0.276. The van der Waals surface area contributed by atoms with Crippen molar-refractivity contribution >= 4 is 11.5 Å². The smallest absolute Gasteiger partial charge is 0.277 e. The zero-order valence-electron chi connectivity index (χ0n) is 10.5. The van der Waals surface area contributed by atoms with E-state index < -0.39 is 0 Å². The first-order valence-electron chi connectivity index (χ1n) is 6.09. The molecule has 2 N–H and O–H groups in total. The van der Waals surface area contributed by atoms with Gasteiger partial charge < -0.3 is 15.0 Å². The average molecular weight is 236 g/mol. The fraction of sp³-hybridized carbons (Fsp3) is 0.583. The molecule has 0 radical (unpaired) electrons. The molecule has 0 aliphatic carbocycles. The van der Waals surface area contributed by atoms with Crippen molar-refractivity contribution in [3.63, 3.8) is 0 Å². The molecule has 94 valence electrons. The van der Waals surface area contributed by atoms with E-state index in [2.05, 4.69) is 16.7 Å². The predicted octanol–water partition coefficient (Wildman–Crippen LogP) is 0.353. The topological polar surface area (TPSA) is 59.4 Å². The molecule has 17 heavy (non-hydrogen) atoms. The average Bonchev–Trinajstić information content (AvgIpc) is 2.35. The first-order valence-corrected chi connectivity index (χ1v) is 6.09. The van der Waals surface area contributed by atoms with Crippen LogP contribution in [0.15, 0.2) is 12.1 Å². The van der Waals surface area contributed by atoms with E-state index in [1.165, 1.54) is 0 Å². The molecule has 0 spiro atoms. The summed E-state index contributed by atoms with van der Waals surface area (Å²) in [5.41, 5.74) is 7.40. The monoisotopic (exact) mass is 236 g/mol. The molecule has 1 aliphatic rings. The van der Waals surface area contributed by atoms with Gasteiger partial charge in [0.1, 0.15) is 5.69 Å². The Balaban J connectivity index is 2.13. The number of hydrogen-bond donors (Lipinski definition) is 1. The number of hydrogen-bond acceptors (Lipinski definition) is 4. The van der Waals surface area contributed by atoms with Crippen molar-refractivity contribution in [1.82, 2.24) is 4.90 Å². The van der Waals surface area contributed by atoms with Crippen LogP contribution in [0.1, 0.15) is 12.6 Å². The van der Waals surface area contributed by atoms with E-state index in [0.717, 1.165) is 43.1 Å². The molecule has 2 heterocycles. The normalized spacial score (nSPS) is 17.4. The van der Waals surface area contributed by atoms with E-state index in [0.29, 0.717) is 5.69 Å². The highest BCUT2D eigenvalue weighted by Crippen LogP contribution is 2.18. The first-order chi connectivity index (χ1) is 8.11. The molecule has 0 amide bonds. The lowest BCUT2D eigenvalue weighted by Crippen LogP contribution is -2.46. The van der Waals surface area contributed by atoms with Crippen molar-refractivity contribution in [1.29, 1.82) is 0 Å². The molecule has 5 nitrogen and oxygen atoms in total. The van der Waals surface area contributed by atoms with Gasteiger partial charge in [-0.3, -0.25) is 5.73 Å². The highest BCUT2D eigenvalue weighted by atomic mass is 16.5. The van der Waals surface area contributed by atoms with Crippen LogP contribution in [0.5, 0.6) is 0 Å². The third-order valence-corrected chi connectivity index (χ3v) is 3.39. The van der Waals surface area contributed by atoms with Gasteiger partial charge in [0.05, 0.1) is 6.07 Å². The maximum Gasteiger partial charge on any atom is 0.277 e. The Bertz CT molecular complexity index is 376. The lowest BCUT2D eigenvalue weighted by Gasteiger charge is -2.35. The highest BCUT2D eigenvalue weighted by molar-refractivity contribution is 5.51. The molecule has 2 rings (SSSR count). The number of nitrogens with two attached hydrogens (primary N) is 1. The van der Waals surface area contributed by atoms with E-state index in [9.17, 15) is 5.21 Å². The molecule has 1 aromatic rings. The van der Waals surface area contributed by atoms with Gasteiger partial charge >= 0.3 is 0 Å². The molecule has 5 heteroatoms. The summed E-state index contributed by atoms with van der Waals surface area (Å²) in [6.45, 7) is 9.20. The predicted molar refractivity (Wildman–Crippen MR) is 68.9 cm³/mol. The Kier molecular flexibility index (Phi) is 3.38. The fourth-order valence-electron chi connectivity index (χ4n) is 2.23. The largest absolute Gasteiger partial charge is 0.710 e. The Hall–Kier alpha value is -1.49. The van der Waals surface area contributed by atoms with Gasteiger partial charge in [-0.05, 0) is 13.5 Å². The quantitative estimate of drug-likeness (QED) is 0.594. The SMILES string of the molecule is CCN1CCN(c2cc(C)[n+]([O-])c(N)c2)CC1. The minimum Gasteiger partial charge on any atom is -0.710 e. The van der Waals surface area contributed by atoms with E-state index in [4.69, 9.17) is 5.73 Å². The van der Waals surface area contributed by atoms with Crippen LogP contribution in [0.25, 0.3) is 0 Å². The standard InChI is InChI=1S/C12H20N4O/c1-3-14-4-6-15(7-5-14)11-8-10(2)16(17)12(13)9-11/h8-9H,3-7,13H2,1-2H3. The van der Waals surface area contributed by atoms with E-state index in [-0.39, 0.29) is 5.82 Å². The summed E-state index contributed by atoms with van der Waals surface area (Å²) in [5.74, 6) is 0.276. The second-order valence-corrected chi connectivity index (χ2v) is 4.50. The summed E-state index contributed by atoms with van der Waals surface area (Å²) in [4.78, 5) is 4.71. The van der Waals surface area contributed by atoms with E-state index in [1.54, 1.807) is 13.0 Å².